The van der Waals surface area contributed by atoms with E-state index in [2.05, 4.69) is 0 Å². The third-order valence-electron chi connectivity index (χ3n) is 2.85. The average molecular weight is 228 g/mol. The molecule has 0 aromatic heterocycles. The normalized spacial score (nSPS) is 11.6. The van der Waals surface area contributed by atoms with Crippen molar-refractivity contribution in [2.75, 3.05) is 0 Å². The van der Waals surface area contributed by atoms with E-state index in [1.54, 1.807) is 0 Å². The molecule has 0 spiro atoms. The average Bonchev–Trinajstić information content (AvgIpc) is 2.40. The second-order valence-electron chi connectivity index (χ2n) is 3.90. The maximum atomic E-state index is 11.5. The summed E-state index contributed by atoms with van der Waals surface area (Å²) in [5.41, 5.74) is 2.13. The molecule has 2 aromatic carbocycles. The van der Waals surface area contributed by atoms with E-state index in [1.165, 1.54) is 0 Å². The fourth-order valence-electron chi connectivity index (χ4n) is 1.80. The van der Waals surface area contributed by atoms with Gasteiger partial charge in [0.2, 0.25) is 0 Å². The lowest BCUT2D eigenvalue weighted by molar-refractivity contribution is 0.582. The predicted molar refractivity (Wildman–Crippen MR) is 66.9 cm³/mol. The molecule has 1 nitrogen and oxygen atoms in total. The Morgan fingerprint density at radius 1 is 0.812 bits per heavy atom. The van der Waals surface area contributed by atoms with Crippen molar-refractivity contribution in [1.82, 2.24) is 0 Å². The van der Waals surface area contributed by atoms with Gasteiger partial charge >= 0.3 is 0 Å². The first-order chi connectivity index (χ1) is 7.77. The fraction of sp³-hybridized carbons (Fsp3) is 0.143. The van der Waals surface area contributed by atoms with Crippen LogP contribution in [0.1, 0.15) is 18.1 Å². The minimum absolute atomic E-state index is 0.118. The van der Waals surface area contributed by atoms with Crippen LogP contribution in [-0.2, 0) is 9.72 Å². The lowest BCUT2D eigenvalue weighted by Crippen LogP contribution is -2.15. The van der Waals surface area contributed by atoms with Gasteiger partial charge in [0.05, 0.1) is 5.16 Å². The maximum absolute atomic E-state index is 11.5. The predicted octanol–water partition coefficient (Wildman–Crippen LogP) is 4.24. The highest BCUT2D eigenvalue weighted by molar-refractivity contribution is 7.25. The molecule has 0 saturated carbocycles. The molecule has 0 heterocycles. The first-order valence-corrected chi connectivity index (χ1v) is 6.04. The Morgan fingerprint density at radius 3 is 1.50 bits per heavy atom. The minimum atomic E-state index is -0.456. The largest absolute Gasteiger partial charge is 0.274 e. The van der Waals surface area contributed by atoms with Crippen molar-refractivity contribution in [3.8, 4) is 0 Å². The number of hydrogen-bond donors (Lipinski definition) is 0. The lowest BCUT2D eigenvalue weighted by Gasteiger charge is -2.22. The van der Waals surface area contributed by atoms with Crippen LogP contribution in [0.4, 0.5) is 0 Å². The van der Waals surface area contributed by atoms with Crippen molar-refractivity contribution < 1.29 is 4.57 Å². The van der Waals surface area contributed by atoms with E-state index in [0.29, 0.717) is 0 Å². The fourth-order valence-corrected chi connectivity index (χ4v) is 2.31. The monoisotopic (exact) mass is 228 g/mol. The van der Waals surface area contributed by atoms with E-state index in [9.17, 15) is 4.57 Å². The van der Waals surface area contributed by atoms with Gasteiger partial charge in [-0.25, -0.2) is 0 Å². The second kappa shape index (κ2) is 4.59. The van der Waals surface area contributed by atoms with Crippen molar-refractivity contribution >= 4 is 8.46 Å². The highest BCUT2D eigenvalue weighted by Crippen LogP contribution is 2.40. The van der Waals surface area contributed by atoms with Crippen LogP contribution in [0.15, 0.2) is 60.7 Å². The van der Waals surface area contributed by atoms with E-state index in [-0.39, 0.29) is 8.46 Å². The van der Waals surface area contributed by atoms with Crippen molar-refractivity contribution in [2.45, 2.75) is 12.1 Å². The second-order valence-corrected chi connectivity index (χ2v) is 4.97. The van der Waals surface area contributed by atoms with E-state index in [1.807, 2.05) is 67.6 Å². The van der Waals surface area contributed by atoms with E-state index in [4.69, 9.17) is 0 Å². The summed E-state index contributed by atoms with van der Waals surface area (Å²) in [5.74, 6) is 0. The van der Waals surface area contributed by atoms with Crippen LogP contribution >= 0.6 is 8.46 Å². The van der Waals surface area contributed by atoms with Gasteiger partial charge in [-0.1, -0.05) is 60.7 Å². The first kappa shape index (κ1) is 11.0. The molecule has 2 aromatic rings. The molecular weight excluding hydrogens is 215 g/mol. The standard InChI is InChI=1S/C14H13OP/c1-14(16-15,12-8-4-2-5-9-12)13-10-6-3-7-11-13/h2-11H,1H3. The summed E-state index contributed by atoms with van der Waals surface area (Å²) in [7, 11) is 0.118. The lowest BCUT2D eigenvalue weighted by atomic mass is 9.92. The van der Waals surface area contributed by atoms with Crippen molar-refractivity contribution in [3.63, 3.8) is 0 Å². The van der Waals surface area contributed by atoms with E-state index < -0.39 is 5.16 Å². The quantitative estimate of drug-likeness (QED) is 0.718. The molecule has 0 aliphatic carbocycles. The molecule has 0 aliphatic heterocycles. The number of hydrogen-bond acceptors (Lipinski definition) is 1. The molecular formula is C14H13OP. The molecule has 0 saturated heterocycles. The van der Waals surface area contributed by atoms with Gasteiger partial charge in [0, 0.05) is 0 Å². The van der Waals surface area contributed by atoms with Crippen LogP contribution in [0.2, 0.25) is 0 Å². The highest BCUT2D eigenvalue weighted by atomic mass is 31.1. The van der Waals surface area contributed by atoms with Crippen LogP contribution in [0.5, 0.6) is 0 Å². The van der Waals surface area contributed by atoms with Crippen molar-refractivity contribution in [1.29, 1.82) is 0 Å². The highest BCUT2D eigenvalue weighted by Gasteiger charge is 2.29. The Bertz CT molecular complexity index is 425. The van der Waals surface area contributed by atoms with Crippen LogP contribution in [0.3, 0.4) is 0 Å². The molecule has 0 unspecified atom stereocenters. The first-order valence-electron chi connectivity index (χ1n) is 5.23. The zero-order valence-electron chi connectivity index (χ0n) is 9.13. The molecule has 0 fully saturated rings. The van der Waals surface area contributed by atoms with Gasteiger partial charge < -0.3 is 0 Å². The third kappa shape index (κ3) is 1.91. The summed E-state index contributed by atoms with van der Waals surface area (Å²) in [6, 6.07) is 19.9. The smallest absolute Gasteiger partial charge is 0.171 e. The Labute approximate surface area is 97.3 Å². The molecule has 0 aliphatic rings. The van der Waals surface area contributed by atoms with Crippen LogP contribution in [0, 0.1) is 0 Å². The van der Waals surface area contributed by atoms with Crippen molar-refractivity contribution in [2.24, 2.45) is 0 Å². The molecule has 2 rings (SSSR count). The topological polar surface area (TPSA) is 17.1 Å². The molecule has 0 N–H and O–H groups in total. The molecule has 0 amide bonds. The summed E-state index contributed by atoms with van der Waals surface area (Å²) >= 11 is 0. The Kier molecular flexibility index (Phi) is 3.17. The summed E-state index contributed by atoms with van der Waals surface area (Å²) in [4.78, 5) is 0. The number of benzene rings is 2. The van der Waals surface area contributed by atoms with Crippen LogP contribution in [0.25, 0.3) is 0 Å². The molecule has 16 heavy (non-hydrogen) atoms. The summed E-state index contributed by atoms with van der Waals surface area (Å²) in [6.07, 6.45) is 0. The van der Waals surface area contributed by atoms with Crippen molar-refractivity contribution in [3.05, 3.63) is 71.8 Å². The minimum Gasteiger partial charge on any atom is -0.274 e. The van der Waals surface area contributed by atoms with Gasteiger partial charge in [-0.3, -0.25) is 4.57 Å². The Balaban J connectivity index is 2.53. The van der Waals surface area contributed by atoms with Crippen LogP contribution in [-0.4, -0.2) is 0 Å². The number of rotatable bonds is 3. The molecule has 0 bridgehead atoms. The zero-order valence-corrected chi connectivity index (χ0v) is 10.0. The molecule has 0 atom stereocenters. The Hall–Kier alpha value is -1.46. The summed E-state index contributed by atoms with van der Waals surface area (Å²) in [6.45, 7) is 1.99. The third-order valence-corrected chi connectivity index (χ3v) is 3.74. The Morgan fingerprint density at radius 2 is 1.19 bits per heavy atom. The zero-order chi connectivity index (χ0) is 11.4. The summed E-state index contributed by atoms with van der Waals surface area (Å²) < 4.78 is 11.5. The van der Waals surface area contributed by atoms with Gasteiger partial charge in [0.15, 0.2) is 8.46 Å². The van der Waals surface area contributed by atoms with E-state index in [0.717, 1.165) is 11.1 Å². The molecule has 0 radical (unpaired) electrons. The van der Waals surface area contributed by atoms with Gasteiger partial charge in [0.25, 0.3) is 0 Å². The van der Waals surface area contributed by atoms with E-state index >= 15 is 0 Å². The van der Waals surface area contributed by atoms with Gasteiger partial charge in [-0.2, -0.15) is 0 Å². The SMILES string of the molecule is CC(P=O)(c1ccccc1)c1ccccc1. The van der Waals surface area contributed by atoms with Gasteiger partial charge in [-0.15, -0.1) is 0 Å². The molecule has 80 valence electrons. The van der Waals surface area contributed by atoms with Gasteiger partial charge in [-0.05, 0) is 18.1 Å². The molecule has 2 heteroatoms. The summed E-state index contributed by atoms with van der Waals surface area (Å²) in [5, 5.41) is -0.456. The van der Waals surface area contributed by atoms with Crippen LogP contribution < -0.4 is 0 Å². The maximum Gasteiger partial charge on any atom is 0.171 e. The van der Waals surface area contributed by atoms with Gasteiger partial charge in [0.1, 0.15) is 0 Å².